The van der Waals surface area contributed by atoms with Gasteiger partial charge in [-0.3, -0.25) is 4.79 Å². The van der Waals surface area contributed by atoms with Crippen LogP contribution >= 0.6 is 34.3 Å². The van der Waals surface area contributed by atoms with Crippen molar-refractivity contribution in [2.24, 2.45) is 0 Å². The first kappa shape index (κ1) is 13.3. The Morgan fingerprint density at radius 1 is 1.61 bits per heavy atom. The molecule has 0 saturated carbocycles. The summed E-state index contributed by atoms with van der Waals surface area (Å²) in [6.45, 7) is 5.63. The van der Waals surface area contributed by atoms with Crippen molar-refractivity contribution in [2.45, 2.75) is 6.92 Å². The summed E-state index contributed by atoms with van der Waals surface area (Å²) in [7, 11) is 0. The van der Waals surface area contributed by atoms with Crippen LogP contribution in [0.25, 0.3) is 10.6 Å². The second kappa shape index (κ2) is 5.65. The molecule has 6 heteroatoms. The van der Waals surface area contributed by atoms with E-state index < -0.39 is 0 Å². The third-order valence-electron chi connectivity index (χ3n) is 2.21. The van der Waals surface area contributed by atoms with Crippen LogP contribution in [0.2, 0.25) is 0 Å². The van der Waals surface area contributed by atoms with Crippen molar-refractivity contribution in [3.63, 3.8) is 0 Å². The smallest absolute Gasteiger partial charge is 0.263 e. The molecule has 1 N–H and O–H groups in total. The monoisotopic (exact) mass is 298 g/mol. The fourth-order valence-electron chi connectivity index (χ4n) is 1.37. The minimum Gasteiger partial charge on any atom is -0.346 e. The first-order chi connectivity index (χ1) is 8.58. The van der Waals surface area contributed by atoms with Crippen LogP contribution in [-0.4, -0.2) is 17.4 Å². The number of hydrogen-bond acceptors (Lipinski definition) is 4. The Kier molecular flexibility index (Phi) is 4.16. The highest BCUT2D eigenvalue weighted by atomic mass is 35.5. The topological polar surface area (TPSA) is 42.0 Å². The first-order valence-corrected chi connectivity index (χ1v) is 7.33. The van der Waals surface area contributed by atoms with Gasteiger partial charge in [0.05, 0.1) is 12.2 Å². The number of nitrogens with one attached hydrogen (secondary N) is 1. The number of hydrogen-bond donors (Lipinski definition) is 1. The fraction of sp³-hybridized carbons (Fsp3) is 0.167. The van der Waals surface area contributed by atoms with Crippen LogP contribution in [0.3, 0.4) is 0 Å². The van der Waals surface area contributed by atoms with E-state index in [1.807, 2.05) is 23.8 Å². The Labute approximate surface area is 118 Å². The Morgan fingerprint density at radius 3 is 3.00 bits per heavy atom. The highest BCUT2D eigenvalue weighted by Gasteiger charge is 2.16. The molecule has 2 rings (SSSR count). The predicted molar refractivity (Wildman–Crippen MR) is 77.5 cm³/mol. The maximum Gasteiger partial charge on any atom is 0.263 e. The van der Waals surface area contributed by atoms with Crippen molar-refractivity contribution in [1.29, 1.82) is 0 Å². The van der Waals surface area contributed by atoms with Crippen molar-refractivity contribution < 1.29 is 4.79 Å². The summed E-state index contributed by atoms with van der Waals surface area (Å²) in [4.78, 5) is 16.9. The summed E-state index contributed by atoms with van der Waals surface area (Å²) in [5.74, 6) is -0.159. The average Bonchev–Trinajstić information content (AvgIpc) is 2.94. The highest BCUT2D eigenvalue weighted by Crippen LogP contribution is 2.29. The summed E-state index contributed by atoms with van der Waals surface area (Å²) in [5.41, 5.74) is 1.78. The molecule has 0 aliphatic carbocycles. The molecule has 0 aromatic carbocycles. The van der Waals surface area contributed by atoms with E-state index in [1.54, 1.807) is 11.3 Å². The number of rotatable bonds is 4. The Balaban J connectivity index is 2.19. The number of aryl methyl sites for hydroxylation is 1. The summed E-state index contributed by atoms with van der Waals surface area (Å²) in [6.07, 6.45) is 0. The number of nitrogens with zero attached hydrogens (tertiary/aromatic N) is 1. The van der Waals surface area contributed by atoms with E-state index in [2.05, 4.69) is 16.9 Å². The van der Waals surface area contributed by atoms with Crippen molar-refractivity contribution in [1.82, 2.24) is 10.3 Å². The van der Waals surface area contributed by atoms with Crippen LogP contribution in [0.5, 0.6) is 0 Å². The largest absolute Gasteiger partial charge is 0.346 e. The minimum absolute atomic E-state index is 0.159. The van der Waals surface area contributed by atoms with E-state index in [4.69, 9.17) is 11.6 Å². The van der Waals surface area contributed by atoms with Gasteiger partial charge in [-0.15, -0.1) is 11.3 Å². The SMILES string of the molecule is C=C(Cl)CNC(=O)c1sc(-c2ccsc2)nc1C. The molecule has 0 radical (unpaired) electrons. The van der Waals surface area contributed by atoms with Crippen LogP contribution in [0.1, 0.15) is 15.4 Å². The number of amides is 1. The third kappa shape index (κ3) is 2.98. The molecule has 0 unspecified atom stereocenters. The standard InChI is InChI=1S/C12H11ClN2OS2/c1-7(13)5-14-11(16)10-8(2)15-12(18-10)9-3-4-17-6-9/h3-4,6H,1,5H2,2H3,(H,14,16). The van der Waals surface area contributed by atoms with E-state index in [1.165, 1.54) is 11.3 Å². The normalized spacial score (nSPS) is 10.3. The summed E-state index contributed by atoms with van der Waals surface area (Å²) in [5, 5.41) is 7.97. The molecule has 0 bridgehead atoms. The average molecular weight is 299 g/mol. The van der Waals surface area contributed by atoms with Gasteiger partial charge in [0.1, 0.15) is 9.88 Å². The molecular formula is C12H11ClN2OS2. The molecule has 0 fully saturated rings. The van der Waals surface area contributed by atoms with Gasteiger partial charge in [-0.05, 0) is 18.4 Å². The van der Waals surface area contributed by atoms with E-state index >= 15 is 0 Å². The molecule has 18 heavy (non-hydrogen) atoms. The van der Waals surface area contributed by atoms with E-state index in [9.17, 15) is 4.79 Å². The molecule has 94 valence electrons. The summed E-state index contributed by atoms with van der Waals surface area (Å²) < 4.78 is 0. The quantitative estimate of drug-likeness (QED) is 0.936. The molecule has 0 spiro atoms. The number of carbonyl (C=O) groups is 1. The Morgan fingerprint density at radius 2 is 2.39 bits per heavy atom. The maximum absolute atomic E-state index is 11.9. The second-order valence-corrected chi connectivity index (χ2v) is 5.96. The van der Waals surface area contributed by atoms with Gasteiger partial charge in [0.25, 0.3) is 5.91 Å². The minimum atomic E-state index is -0.159. The van der Waals surface area contributed by atoms with Crippen LogP contribution in [0.4, 0.5) is 0 Å². The number of carbonyl (C=O) groups excluding carboxylic acids is 1. The van der Waals surface area contributed by atoms with Gasteiger partial charge in [0.15, 0.2) is 0 Å². The molecule has 0 atom stereocenters. The number of halogens is 1. The van der Waals surface area contributed by atoms with Crippen LogP contribution < -0.4 is 5.32 Å². The lowest BCUT2D eigenvalue weighted by Gasteiger charge is -2.01. The fourth-order valence-corrected chi connectivity index (χ4v) is 3.13. The zero-order valence-corrected chi connectivity index (χ0v) is 12.1. The number of thiophene rings is 1. The van der Waals surface area contributed by atoms with E-state index in [0.29, 0.717) is 9.91 Å². The molecule has 0 aliphatic heterocycles. The zero-order chi connectivity index (χ0) is 13.1. The predicted octanol–water partition coefficient (Wildman–Crippen LogP) is 3.66. The summed E-state index contributed by atoms with van der Waals surface area (Å²) >= 11 is 8.61. The molecule has 1 amide bonds. The van der Waals surface area contributed by atoms with Gasteiger partial charge in [-0.25, -0.2) is 4.98 Å². The lowest BCUT2D eigenvalue weighted by Crippen LogP contribution is -2.24. The number of thiazole rings is 1. The lowest BCUT2D eigenvalue weighted by atomic mass is 10.3. The Hall–Kier alpha value is -1.17. The van der Waals surface area contributed by atoms with Crippen LogP contribution in [0, 0.1) is 6.92 Å². The van der Waals surface area contributed by atoms with Crippen LogP contribution in [0.15, 0.2) is 28.4 Å². The van der Waals surface area contributed by atoms with Gasteiger partial charge in [0, 0.05) is 16.0 Å². The molecule has 3 nitrogen and oxygen atoms in total. The molecule has 0 saturated heterocycles. The van der Waals surface area contributed by atoms with E-state index in [-0.39, 0.29) is 12.5 Å². The zero-order valence-electron chi connectivity index (χ0n) is 9.70. The number of aromatic nitrogens is 1. The maximum atomic E-state index is 11.9. The lowest BCUT2D eigenvalue weighted by molar-refractivity contribution is 0.0961. The summed E-state index contributed by atoms with van der Waals surface area (Å²) in [6, 6.07) is 1.99. The highest BCUT2D eigenvalue weighted by molar-refractivity contribution is 7.17. The molecule has 2 aromatic heterocycles. The Bertz CT molecular complexity index is 575. The van der Waals surface area contributed by atoms with Crippen molar-refractivity contribution in [3.05, 3.63) is 39.0 Å². The first-order valence-electron chi connectivity index (χ1n) is 5.19. The van der Waals surface area contributed by atoms with Crippen molar-refractivity contribution >= 4 is 40.2 Å². The molecule has 2 aromatic rings. The van der Waals surface area contributed by atoms with Gasteiger partial charge < -0.3 is 5.32 Å². The van der Waals surface area contributed by atoms with Crippen molar-refractivity contribution in [3.8, 4) is 10.6 Å². The molecule has 2 heterocycles. The molecular weight excluding hydrogens is 288 g/mol. The van der Waals surface area contributed by atoms with Crippen molar-refractivity contribution in [2.75, 3.05) is 6.54 Å². The second-order valence-electron chi connectivity index (χ2n) is 3.65. The van der Waals surface area contributed by atoms with E-state index in [0.717, 1.165) is 16.3 Å². The van der Waals surface area contributed by atoms with Gasteiger partial charge in [-0.1, -0.05) is 18.2 Å². The van der Waals surface area contributed by atoms with Gasteiger partial charge >= 0.3 is 0 Å². The third-order valence-corrected chi connectivity index (χ3v) is 4.23. The van der Waals surface area contributed by atoms with Gasteiger partial charge in [-0.2, -0.15) is 11.3 Å². The molecule has 0 aliphatic rings. The van der Waals surface area contributed by atoms with Crippen LogP contribution in [-0.2, 0) is 0 Å². The van der Waals surface area contributed by atoms with Gasteiger partial charge in [0.2, 0.25) is 0 Å².